The highest BCUT2D eigenvalue weighted by Gasteiger charge is 2.46. The van der Waals surface area contributed by atoms with Gasteiger partial charge in [-0.25, -0.2) is 12.8 Å². The number of aliphatic hydroxyl groups is 1. The SMILES string of the molecule is CS(=O)(=O)Nc1ccc2c(c1)S(=O)(=O)N=C(C1=C(O)[C@@H]3CCC[C@@H]3N(Cc3ccc(F)cc3)C1=O)N2. The van der Waals surface area contributed by atoms with Gasteiger partial charge in [-0.1, -0.05) is 18.6 Å². The number of amides is 1. The van der Waals surface area contributed by atoms with Crippen molar-refractivity contribution in [1.82, 2.24) is 4.90 Å². The highest BCUT2D eigenvalue weighted by Crippen LogP contribution is 2.42. The number of fused-ring (bicyclic) bond motifs is 2. The van der Waals surface area contributed by atoms with Crippen molar-refractivity contribution in [3.63, 3.8) is 0 Å². The lowest BCUT2D eigenvalue weighted by Gasteiger charge is -2.39. The predicted molar refractivity (Wildman–Crippen MR) is 131 cm³/mol. The first-order chi connectivity index (χ1) is 16.9. The van der Waals surface area contributed by atoms with Crippen LogP contribution in [0, 0.1) is 11.7 Å². The summed E-state index contributed by atoms with van der Waals surface area (Å²) >= 11 is 0. The Labute approximate surface area is 207 Å². The molecule has 5 rings (SSSR count). The Morgan fingerprint density at radius 2 is 1.92 bits per heavy atom. The van der Waals surface area contributed by atoms with E-state index >= 15 is 0 Å². The fourth-order valence-electron chi connectivity index (χ4n) is 4.96. The molecule has 0 unspecified atom stereocenters. The molecule has 2 aromatic rings. The maximum atomic E-state index is 13.6. The van der Waals surface area contributed by atoms with Crippen LogP contribution in [-0.2, 0) is 31.4 Å². The molecule has 2 heterocycles. The van der Waals surface area contributed by atoms with E-state index in [0.29, 0.717) is 18.4 Å². The largest absolute Gasteiger partial charge is 0.511 e. The Morgan fingerprint density at radius 3 is 2.61 bits per heavy atom. The van der Waals surface area contributed by atoms with Gasteiger partial charge in [0.25, 0.3) is 15.9 Å². The number of anilines is 2. The quantitative estimate of drug-likeness (QED) is 0.535. The first-order valence-electron chi connectivity index (χ1n) is 11.2. The van der Waals surface area contributed by atoms with Crippen molar-refractivity contribution < 1.29 is 31.1 Å². The summed E-state index contributed by atoms with van der Waals surface area (Å²) in [6.07, 6.45) is 3.00. The number of hydrogen-bond donors (Lipinski definition) is 3. The fourth-order valence-corrected chi connectivity index (χ4v) is 6.67. The molecular formula is C23H23FN4O6S2. The first kappa shape index (κ1) is 24.3. The molecule has 3 aliphatic rings. The minimum Gasteiger partial charge on any atom is -0.511 e. The molecule has 1 fully saturated rings. The topological polar surface area (TPSA) is 145 Å². The molecule has 36 heavy (non-hydrogen) atoms. The van der Waals surface area contributed by atoms with Crippen molar-refractivity contribution in [2.24, 2.45) is 10.3 Å². The monoisotopic (exact) mass is 534 g/mol. The maximum Gasteiger partial charge on any atom is 0.286 e. The molecule has 13 heteroatoms. The van der Waals surface area contributed by atoms with Crippen molar-refractivity contribution in [2.75, 3.05) is 16.3 Å². The number of benzene rings is 2. The Hall–Kier alpha value is -3.45. The summed E-state index contributed by atoms with van der Waals surface area (Å²) < 4.78 is 68.5. The van der Waals surface area contributed by atoms with Crippen LogP contribution in [0.1, 0.15) is 24.8 Å². The molecule has 3 N–H and O–H groups in total. The van der Waals surface area contributed by atoms with Gasteiger partial charge < -0.3 is 15.3 Å². The van der Waals surface area contributed by atoms with Crippen LogP contribution >= 0.6 is 0 Å². The Morgan fingerprint density at radius 1 is 1.19 bits per heavy atom. The Balaban J connectivity index is 1.53. The number of sulfonamides is 2. The fraction of sp³-hybridized carbons (Fsp3) is 0.304. The molecule has 0 aromatic heterocycles. The van der Waals surface area contributed by atoms with E-state index in [1.807, 2.05) is 0 Å². The third-order valence-electron chi connectivity index (χ3n) is 6.49. The van der Waals surface area contributed by atoms with E-state index in [4.69, 9.17) is 0 Å². The molecule has 1 aliphatic carbocycles. The second-order valence-electron chi connectivity index (χ2n) is 9.05. The van der Waals surface area contributed by atoms with E-state index in [0.717, 1.165) is 18.7 Å². The van der Waals surface area contributed by atoms with Crippen molar-refractivity contribution in [2.45, 2.75) is 36.7 Å². The van der Waals surface area contributed by atoms with E-state index in [-0.39, 0.29) is 51.9 Å². The number of halogens is 1. The van der Waals surface area contributed by atoms with Crippen molar-refractivity contribution in [3.8, 4) is 0 Å². The summed E-state index contributed by atoms with van der Waals surface area (Å²) in [7, 11) is -7.97. The second kappa shape index (κ2) is 8.59. The molecule has 0 spiro atoms. The van der Waals surface area contributed by atoms with Gasteiger partial charge in [-0.05, 0) is 48.7 Å². The second-order valence-corrected chi connectivity index (χ2v) is 12.4. The number of rotatable bonds is 5. The molecule has 10 nitrogen and oxygen atoms in total. The number of nitrogens with zero attached hydrogens (tertiary/aromatic N) is 2. The third kappa shape index (κ3) is 4.44. The van der Waals surface area contributed by atoms with Crippen LogP contribution in [0.2, 0.25) is 0 Å². The smallest absolute Gasteiger partial charge is 0.286 e. The molecule has 2 atom stereocenters. The molecule has 190 valence electrons. The number of aliphatic hydroxyl groups excluding tert-OH is 1. The van der Waals surface area contributed by atoms with Crippen LogP contribution in [-0.4, -0.2) is 50.9 Å². The van der Waals surface area contributed by atoms with Crippen LogP contribution in [0.15, 0.2) is 63.1 Å². The molecule has 1 amide bonds. The Bertz CT molecular complexity index is 1530. The zero-order chi connectivity index (χ0) is 25.8. The molecule has 0 saturated heterocycles. The lowest BCUT2D eigenvalue weighted by molar-refractivity contribution is -0.132. The summed E-state index contributed by atoms with van der Waals surface area (Å²) in [5.74, 6) is -1.88. The average Bonchev–Trinajstić information content (AvgIpc) is 3.27. The molecule has 0 bridgehead atoms. The number of hydrogen-bond acceptors (Lipinski definition) is 7. The third-order valence-corrected chi connectivity index (χ3v) is 8.42. The molecule has 2 aromatic carbocycles. The first-order valence-corrected chi connectivity index (χ1v) is 14.5. The van der Waals surface area contributed by atoms with E-state index in [2.05, 4.69) is 14.4 Å². The standard InChI is InChI=1S/C23H23FN4O6S2/c1-35(31,32)26-15-9-10-17-19(11-15)36(33,34)27-22(25-17)20-21(29)16-3-2-4-18(16)28(23(20)30)12-13-5-7-14(24)8-6-13/h5-11,16,18,26,29H,2-4,12H2,1H3,(H,25,27)/t16-,18+/m1/s1. The molecule has 1 saturated carbocycles. The van der Waals surface area contributed by atoms with Crippen molar-refractivity contribution in [1.29, 1.82) is 0 Å². The summed E-state index contributed by atoms with van der Waals surface area (Å²) in [4.78, 5) is 14.9. The van der Waals surface area contributed by atoms with Crippen LogP contribution < -0.4 is 10.0 Å². The van der Waals surface area contributed by atoms with Gasteiger partial charge >= 0.3 is 0 Å². The minimum atomic E-state index is -4.34. The maximum absolute atomic E-state index is 13.6. The van der Waals surface area contributed by atoms with E-state index in [1.54, 1.807) is 17.0 Å². The lowest BCUT2D eigenvalue weighted by atomic mass is 9.89. The van der Waals surface area contributed by atoms with Gasteiger partial charge in [0.05, 0.1) is 11.9 Å². The number of nitrogens with one attached hydrogen (secondary N) is 2. The van der Waals surface area contributed by atoms with Crippen LogP contribution in [0.5, 0.6) is 0 Å². The summed E-state index contributed by atoms with van der Waals surface area (Å²) in [5.41, 5.74) is 0.590. The summed E-state index contributed by atoms with van der Waals surface area (Å²) in [5, 5.41) is 13.9. The van der Waals surface area contributed by atoms with Gasteiger partial charge in [0.2, 0.25) is 10.0 Å². The number of carbonyl (C=O) groups is 1. The predicted octanol–water partition coefficient (Wildman–Crippen LogP) is 2.73. The summed E-state index contributed by atoms with van der Waals surface area (Å²) in [6, 6.07) is 9.33. The van der Waals surface area contributed by atoms with Crippen LogP contribution in [0.3, 0.4) is 0 Å². The summed E-state index contributed by atoms with van der Waals surface area (Å²) in [6.45, 7) is 0.161. The zero-order valence-corrected chi connectivity index (χ0v) is 20.7. The van der Waals surface area contributed by atoms with E-state index in [1.165, 1.54) is 24.3 Å². The van der Waals surface area contributed by atoms with Gasteiger partial charge in [0.1, 0.15) is 22.0 Å². The highest BCUT2D eigenvalue weighted by atomic mass is 32.2. The highest BCUT2D eigenvalue weighted by molar-refractivity contribution is 7.92. The lowest BCUT2D eigenvalue weighted by Crippen LogP contribution is -2.49. The van der Waals surface area contributed by atoms with Crippen LogP contribution in [0.4, 0.5) is 15.8 Å². The molecule has 0 radical (unpaired) electrons. The Kier molecular flexibility index (Phi) is 5.79. The van der Waals surface area contributed by atoms with E-state index < -0.39 is 31.8 Å². The number of amidine groups is 1. The van der Waals surface area contributed by atoms with Gasteiger partial charge in [0, 0.05) is 24.2 Å². The zero-order valence-electron chi connectivity index (χ0n) is 19.1. The normalized spacial score (nSPS) is 23.0. The van der Waals surface area contributed by atoms with Gasteiger partial charge in [-0.2, -0.15) is 8.42 Å². The average molecular weight is 535 g/mol. The van der Waals surface area contributed by atoms with Gasteiger partial charge in [-0.3, -0.25) is 9.52 Å². The van der Waals surface area contributed by atoms with Crippen molar-refractivity contribution in [3.05, 3.63) is 65.2 Å². The van der Waals surface area contributed by atoms with Gasteiger partial charge in [0.15, 0.2) is 5.84 Å². The van der Waals surface area contributed by atoms with Gasteiger partial charge in [-0.15, -0.1) is 4.40 Å². The molecular weight excluding hydrogens is 511 g/mol. The van der Waals surface area contributed by atoms with Crippen LogP contribution in [0.25, 0.3) is 0 Å². The molecule has 2 aliphatic heterocycles. The minimum absolute atomic E-state index is 0.0374. The van der Waals surface area contributed by atoms with Crippen molar-refractivity contribution >= 4 is 43.2 Å². The number of carbonyl (C=O) groups excluding carboxylic acids is 1. The van der Waals surface area contributed by atoms with E-state index in [9.17, 15) is 31.1 Å².